The molecule has 6 nitrogen and oxygen atoms in total. The van der Waals surface area contributed by atoms with Crippen LogP contribution in [-0.2, 0) is 11.2 Å². The Labute approximate surface area is 145 Å². The third kappa shape index (κ3) is 4.01. The van der Waals surface area contributed by atoms with Crippen molar-refractivity contribution in [3.63, 3.8) is 0 Å². The molecule has 0 spiro atoms. The van der Waals surface area contributed by atoms with Crippen molar-refractivity contribution >= 4 is 5.91 Å². The number of ether oxygens (including phenoxy) is 3. The maximum atomic E-state index is 12.1. The van der Waals surface area contributed by atoms with Crippen molar-refractivity contribution in [1.29, 1.82) is 5.26 Å². The fourth-order valence-corrected chi connectivity index (χ4v) is 2.69. The highest BCUT2D eigenvalue weighted by Gasteiger charge is 2.21. The molecule has 0 saturated heterocycles. The highest BCUT2D eigenvalue weighted by molar-refractivity contribution is 5.78. The molecule has 25 heavy (non-hydrogen) atoms. The average Bonchev–Trinajstić information content (AvgIpc) is 2.66. The molecule has 3 rings (SSSR count). The lowest BCUT2D eigenvalue weighted by molar-refractivity contribution is -0.124. The third-order valence-corrected chi connectivity index (χ3v) is 3.90. The van der Waals surface area contributed by atoms with Gasteiger partial charge < -0.3 is 19.5 Å². The molecule has 2 aromatic rings. The van der Waals surface area contributed by atoms with Crippen LogP contribution in [0.15, 0.2) is 42.5 Å². The highest BCUT2D eigenvalue weighted by atomic mass is 16.5. The number of amides is 1. The van der Waals surface area contributed by atoms with E-state index in [1.807, 2.05) is 30.3 Å². The Morgan fingerprint density at radius 3 is 2.96 bits per heavy atom. The fourth-order valence-electron chi connectivity index (χ4n) is 2.69. The predicted octanol–water partition coefficient (Wildman–Crippen LogP) is 2.07. The largest absolute Gasteiger partial charge is 0.493 e. The molecule has 0 fully saturated rings. The van der Waals surface area contributed by atoms with Gasteiger partial charge in [-0.3, -0.25) is 4.79 Å². The number of nitrogens with zero attached hydrogens (tertiary/aromatic N) is 1. The Bertz CT molecular complexity index is 813. The molecule has 1 N–H and O–H groups in total. The zero-order valence-corrected chi connectivity index (χ0v) is 13.8. The second kappa shape index (κ2) is 7.58. The van der Waals surface area contributed by atoms with Gasteiger partial charge in [0, 0.05) is 6.07 Å². The maximum absolute atomic E-state index is 12.1. The standard InChI is InChI=1S/C19H18N2O4/c1-23-18-8-13(10-20)6-7-17(18)25-12-19(22)21-15-9-14-4-2-3-5-16(14)24-11-15/h2-8,15H,9,11-12H2,1H3,(H,21,22)/t15-/m1/s1. The van der Waals surface area contributed by atoms with E-state index in [1.165, 1.54) is 7.11 Å². The van der Waals surface area contributed by atoms with Crippen molar-refractivity contribution in [3.8, 4) is 23.3 Å². The van der Waals surface area contributed by atoms with E-state index in [0.717, 1.165) is 17.7 Å². The second-order valence-corrected chi connectivity index (χ2v) is 5.65. The summed E-state index contributed by atoms with van der Waals surface area (Å²) >= 11 is 0. The van der Waals surface area contributed by atoms with Gasteiger partial charge in [0.25, 0.3) is 5.91 Å². The summed E-state index contributed by atoms with van der Waals surface area (Å²) in [6.45, 7) is 0.295. The minimum atomic E-state index is -0.237. The molecule has 1 atom stereocenters. The maximum Gasteiger partial charge on any atom is 0.258 e. The summed E-state index contributed by atoms with van der Waals surface area (Å²) in [4.78, 5) is 12.1. The second-order valence-electron chi connectivity index (χ2n) is 5.65. The first-order chi connectivity index (χ1) is 12.2. The summed E-state index contributed by atoms with van der Waals surface area (Å²) in [5, 5.41) is 11.8. The summed E-state index contributed by atoms with van der Waals surface area (Å²) in [7, 11) is 1.49. The van der Waals surface area contributed by atoms with Crippen molar-refractivity contribution < 1.29 is 19.0 Å². The van der Waals surface area contributed by atoms with Crippen molar-refractivity contribution in [2.24, 2.45) is 0 Å². The molecule has 0 aliphatic carbocycles. The van der Waals surface area contributed by atoms with Gasteiger partial charge in [-0.2, -0.15) is 5.26 Å². The molecule has 0 saturated carbocycles. The number of rotatable bonds is 5. The number of hydrogen-bond donors (Lipinski definition) is 1. The van der Waals surface area contributed by atoms with E-state index < -0.39 is 0 Å². The first kappa shape index (κ1) is 16.7. The third-order valence-electron chi connectivity index (χ3n) is 3.90. The minimum absolute atomic E-state index is 0.0890. The fraction of sp³-hybridized carbons (Fsp3) is 0.263. The molecule has 2 aromatic carbocycles. The Hall–Kier alpha value is -3.20. The van der Waals surface area contributed by atoms with Gasteiger partial charge in [-0.05, 0) is 30.2 Å². The van der Waals surface area contributed by atoms with Gasteiger partial charge in [-0.25, -0.2) is 0 Å². The number of benzene rings is 2. The quantitative estimate of drug-likeness (QED) is 0.903. The molecule has 1 heterocycles. The number of fused-ring (bicyclic) bond motifs is 1. The zero-order valence-electron chi connectivity index (χ0n) is 13.8. The van der Waals surface area contributed by atoms with Gasteiger partial charge >= 0.3 is 0 Å². The van der Waals surface area contributed by atoms with Crippen LogP contribution in [0.3, 0.4) is 0 Å². The Morgan fingerprint density at radius 2 is 2.16 bits per heavy atom. The van der Waals surface area contributed by atoms with Crippen molar-refractivity contribution in [1.82, 2.24) is 5.32 Å². The van der Waals surface area contributed by atoms with Crippen LogP contribution in [0.4, 0.5) is 0 Å². The molecule has 1 amide bonds. The Kier molecular flexibility index (Phi) is 5.05. The first-order valence-corrected chi connectivity index (χ1v) is 7.90. The van der Waals surface area contributed by atoms with Crippen LogP contribution in [0.5, 0.6) is 17.2 Å². The summed E-state index contributed by atoms with van der Waals surface area (Å²) in [5.41, 5.74) is 1.54. The van der Waals surface area contributed by atoms with Gasteiger partial charge in [-0.1, -0.05) is 18.2 Å². The lowest BCUT2D eigenvalue weighted by atomic mass is 10.0. The van der Waals surface area contributed by atoms with Gasteiger partial charge in [-0.15, -0.1) is 0 Å². The molecule has 1 aliphatic heterocycles. The lowest BCUT2D eigenvalue weighted by Crippen LogP contribution is -2.44. The smallest absolute Gasteiger partial charge is 0.258 e. The van der Waals surface area contributed by atoms with Crippen LogP contribution in [0.25, 0.3) is 0 Å². The average molecular weight is 338 g/mol. The Balaban J connectivity index is 1.55. The first-order valence-electron chi connectivity index (χ1n) is 7.90. The van der Waals surface area contributed by atoms with Crippen molar-refractivity contribution in [3.05, 3.63) is 53.6 Å². The number of nitrogens with one attached hydrogen (secondary N) is 1. The number of para-hydroxylation sites is 1. The molecule has 0 aromatic heterocycles. The number of nitriles is 1. The number of hydrogen-bond acceptors (Lipinski definition) is 5. The molecule has 128 valence electrons. The zero-order chi connectivity index (χ0) is 17.6. The molecular formula is C19H18N2O4. The number of methoxy groups -OCH3 is 1. The van der Waals surface area contributed by atoms with Crippen LogP contribution >= 0.6 is 0 Å². The van der Waals surface area contributed by atoms with E-state index in [9.17, 15) is 4.79 Å². The van der Waals surface area contributed by atoms with Crippen LogP contribution in [0.2, 0.25) is 0 Å². The van der Waals surface area contributed by atoms with Crippen LogP contribution in [0, 0.1) is 11.3 Å². The molecule has 6 heteroatoms. The molecule has 0 radical (unpaired) electrons. The van der Waals surface area contributed by atoms with Gasteiger partial charge in [0.2, 0.25) is 0 Å². The lowest BCUT2D eigenvalue weighted by Gasteiger charge is -2.26. The normalized spacial score (nSPS) is 15.3. The number of carbonyl (C=O) groups excluding carboxylic acids is 1. The van der Waals surface area contributed by atoms with Crippen molar-refractivity contribution in [2.45, 2.75) is 12.5 Å². The van der Waals surface area contributed by atoms with E-state index in [0.29, 0.717) is 23.7 Å². The SMILES string of the molecule is COc1cc(C#N)ccc1OCC(=O)N[C@H]1COc2ccccc2C1. The van der Waals surface area contributed by atoms with Crippen LogP contribution in [0.1, 0.15) is 11.1 Å². The van der Waals surface area contributed by atoms with E-state index in [1.54, 1.807) is 18.2 Å². The van der Waals surface area contributed by atoms with E-state index in [2.05, 4.69) is 5.32 Å². The van der Waals surface area contributed by atoms with E-state index in [4.69, 9.17) is 19.5 Å². The molecule has 0 bridgehead atoms. The molecule has 1 aliphatic rings. The highest BCUT2D eigenvalue weighted by Crippen LogP contribution is 2.28. The van der Waals surface area contributed by atoms with Crippen LogP contribution in [-0.4, -0.2) is 32.3 Å². The summed E-state index contributed by atoms with van der Waals surface area (Å²) in [6.07, 6.45) is 0.724. The minimum Gasteiger partial charge on any atom is -0.493 e. The van der Waals surface area contributed by atoms with E-state index in [-0.39, 0.29) is 18.6 Å². The van der Waals surface area contributed by atoms with Crippen LogP contribution < -0.4 is 19.5 Å². The summed E-state index contributed by atoms with van der Waals surface area (Å²) in [6, 6.07) is 14.5. The van der Waals surface area contributed by atoms with E-state index >= 15 is 0 Å². The topological polar surface area (TPSA) is 80.6 Å². The van der Waals surface area contributed by atoms with Gasteiger partial charge in [0.15, 0.2) is 18.1 Å². The van der Waals surface area contributed by atoms with Gasteiger partial charge in [0.1, 0.15) is 12.4 Å². The Morgan fingerprint density at radius 1 is 1.32 bits per heavy atom. The molecule has 0 unspecified atom stereocenters. The van der Waals surface area contributed by atoms with Crippen molar-refractivity contribution in [2.75, 3.05) is 20.3 Å². The molecular weight excluding hydrogens is 320 g/mol. The predicted molar refractivity (Wildman–Crippen MR) is 90.8 cm³/mol. The summed E-state index contributed by atoms with van der Waals surface area (Å²) in [5.74, 6) is 1.47. The van der Waals surface area contributed by atoms with Gasteiger partial charge in [0.05, 0.1) is 24.8 Å². The number of carbonyl (C=O) groups is 1. The monoisotopic (exact) mass is 338 g/mol. The summed E-state index contributed by atoms with van der Waals surface area (Å²) < 4.78 is 16.3.